The first-order chi connectivity index (χ1) is 23.0. The number of unbranched alkanes of at least 4 members (excludes halogenated alkanes) is 9. The molecule has 0 aromatic carbocycles. The molecule has 4 fully saturated rings. The fourth-order valence-electron chi connectivity index (χ4n) is 12.7. The number of ether oxygens (including phenoxy) is 1. The molecule has 0 aromatic rings. The molecular formula is C46H76O3. The largest absolute Gasteiger partial charge is 0.462 e. The van der Waals surface area contributed by atoms with Crippen LogP contribution in [0.25, 0.3) is 0 Å². The van der Waals surface area contributed by atoms with Gasteiger partial charge >= 0.3 is 5.97 Å². The number of carbonyl (C=O) groups is 2. The maximum atomic E-state index is 14.6. The lowest BCUT2D eigenvalue weighted by Crippen LogP contribution is -2.66. The Hall–Kier alpha value is -1.38. The second-order valence-electron chi connectivity index (χ2n) is 20.3. The van der Waals surface area contributed by atoms with Crippen LogP contribution in [0.3, 0.4) is 0 Å². The molecule has 0 spiro atoms. The van der Waals surface area contributed by atoms with Crippen LogP contribution in [0.5, 0.6) is 0 Å². The topological polar surface area (TPSA) is 43.4 Å². The second-order valence-corrected chi connectivity index (χ2v) is 20.3. The minimum absolute atomic E-state index is 0.0113. The van der Waals surface area contributed by atoms with Crippen LogP contribution in [0, 0.1) is 50.2 Å². The Morgan fingerprint density at radius 3 is 2.10 bits per heavy atom. The highest BCUT2D eigenvalue weighted by molar-refractivity contribution is 5.95. The maximum absolute atomic E-state index is 14.6. The Morgan fingerprint density at radius 1 is 0.776 bits per heavy atom. The summed E-state index contributed by atoms with van der Waals surface area (Å²) < 4.78 is 6.35. The Labute approximate surface area is 302 Å². The van der Waals surface area contributed by atoms with Crippen molar-refractivity contribution in [1.82, 2.24) is 0 Å². The summed E-state index contributed by atoms with van der Waals surface area (Å²) in [5, 5.41) is 0. The molecule has 0 aromatic heterocycles. The number of ketones is 1. The van der Waals surface area contributed by atoms with Crippen LogP contribution >= 0.6 is 0 Å². The summed E-state index contributed by atoms with van der Waals surface area (Å²) in [6.07, 6.45) is 31.3. The Kier molecular flexibility index (Phi) is 11.8. The van der Waals surface area contributed by atoms with Gasteiger partial charge < -0.3 is 4.74 Å². The number of hydrogen-bond acceptors (Lipinski definition) is 3. The van der Waals surface area contributed by atoms with Gasteiger partial charge in [0.15, 0.2) is 5.78 Å². The molecule has 5 aliphatic rings. The van der Waals surface area contributed by atoms with Crippen molar-refractivity contribution in [2.75, 3.05) is 0 Å². The Bertz CT molecular complexity index is 1240. The first-order valence-corrected chi connectivity index (χ1v) is 21.1. The summed E-state index contributed by atoms with van der Waals surface area (Å²) in [7, 11) is 0. The van der Waals surface area contributed by atoms with Gasteiger partial charge in [0.25, 0.3) is 0 Å². The number of carbonyl (C=O) groups excluding carboxylic acids is 2. The third-order valence-corrected chi connectivity index (χ3v) is 16.2. The molecule has 0 radical (unpaired) electrons. The zero-order valence-electron chi connectivity index (χ0n) is 33.6. The van der Waals surface area contributed by atoms with E-state index < -0.39 is 0 Å². The lowest BCUT2D eigenvalue weighted by Gasteiger charge is -2.70. The van der Waals surface area contributed by atoms with Crippen molar-refractivity contribution in [2.24, 2.45) is 50.2 Å². The molecule has 0 amide bonds. The van der Waals surface area contributed by atoms with E-state index in [1.54, 1.807) is 0 Å². The summed E-state index contributed by atoms with van der Waals surface area (Å²) in [6, 6.07) is 0. The molecule has 0 aliphatic heterocycles. The lowest BCUT2D eigenvalue weighted by atomic mass is 9.33. The van der Waals surface area contributed by atoms with Crippen molar-refractivity contribution < 1.29 is 14.3 Å². The molecule has 8 atom stereocenters. The molecule has 49 heavy (non-hydrogen) atoms. The molecular weight excluding hydrogens is 601 g/mol. The van der Waals surface area contributed by atoms with Crippen LogP contribution in [-0.2, 0) is 14.3 Å². The first kappa shape index (κ1) is 38.8. The summed E-state index contributed by atoms with van der Waals surface area (Å²) in [5.41, 5.74) is 2.04. The molecule has 5 rings (SSSR count). The van der Waals surface area contributed by atoms with Crippen LogP contribution in [0.1, 0.15) is 197 Å². The summed E-state index contributed by atoms with van der Waals surface area (Å²) in [4.78, 5) is 27.8. The normalized spacial score (nSPS) is 39.4. The fourth-order valence-corrected chi connectivity index (χ4v) is 12.7. The molecule has 0 N–H and O–H groups in total. The number of allylic oxidation sites excluding steroid dienone is 4. The summed E-state index contributed by atoms with van der Waals surface area (Å²) in [5.74, 6) is 1.36. The highest BCUT2D eigenvalue weighted by Gasteiger charge is 2.70. The molecule has 3 heteroatoms. The van der Waals surface area contributed by atoms with Crippen LogP contribution in [0.15, 0.2) is 23.8 Å². The summed E-state index contributed by atoms with van der Waals surface area (Å²) in [6.45, 7) is 21.9. The van der Waals surface area contributed by atoms with Gasteiger partial charge in [0, 0.05) is 17.8 Å². The van der Waals surface area contributed by atoms with Gasteiger partial charge in [-0.05, 0) is 135 Å². The second kappa shape index (κ2) is 14.9. The van der Waals surface area contributed by atoms with Gasteiger partial charge in [0.2, 0.25) is 0 Å². The molecule has 3 nitrogen and oxygen atoms in total. The van der Waals surface area contributed by atoms with E-state index >= 15 is 0 Å². The minimum Gasteiger partial charge on any atom is -0.462 e. The van der Waals surface area contributed by atoms with E-state index in [0.717, 1.165) is 38.5 Å². The van der Waals surface area contributed by atoms with Crippen LogP contribution in [-0.4, -0.2) is 17.9 Å². The average molecular weight is 677 g/mol. The van der Waals surface area contributed by atoms with E-state index in [2.05, 4.69) is 80.5 Å². The van der Waals surface area contributed by atoms with E-state index in [1.165, 1.54) is 95.5 Å². The van der Waals surface area contributed by atoms with E-state index in [-0.39, 0.29) is 39.7 Å². The third-order valence-electron chi connectivity index (χ3n) is 16.2. The molecule has 0 heterocycles. The van der Waals surface area contributed by atoms with Gasteiger partial charge in [-0.25, -0.2) is 0 Å². The molecule has 8 unspecified atom stereocenters. The van der Waals surface area contributed by atoms with Gasteiger partial charge in [0.05, 0.1) is 0 Å². The molecule has 0 bridgehead atoms. The maximum Gasteiger partial charge on any atom is 0.306 e. The van der Waals surface area contributed by atoms with Crippen molar-refractivity contribution in [3.8, 4) is 0 Å². The quantitative estimate of drug-likeness (QED) is 0.104. The SMILES string of the molecule is CCCCCCC=CCCCCCCCC(=O)OC1CCC2(C)C(CCC3(C)C2C(=O)C=C2C4CC(C)(C)CCC4(C)CCC23C)C1(C)C. The van der Waals surface area contributed by atoms with Gasteiger partial charge in [-0.15, -0.1) is 0 Å². The average Bonchev–Trinajstić information content (AvgIpc) is 3.02. The standard InChI is InChI=1S/C46H76O3/c1-10-11-12-13-14-15-16-17-18-19-20-21-22-23-39(48)49-38-25-26-44(7)37(42(38,4)5)24-27-46(9)40(44)36(47)32-34-35-33-41(2,3)28-29-43(35,6)30-31-45(34,46)8/h15-16,32,35,37-38,40H,10-14,17-31,33H2,1-9H3. The molecule has 4 saturated carbocycles. The highest BCUT2D eigenvalue weighted by atomic mass is 16.5. The Balaban J connectivity index is 1.16. The van der Waals surface area contributed by atoms with Crippen molar-refractivity contribution in [1.29, 1.82) is 0 Å². The van der Waals surface area contributed by atoms with Crippen LogP contribution in [0.4, 0.5) is 0 Å². The number of rotatable bonds is 14. The zero-order chi connectivity index (χ0) is 35.7. The molecule has 5 aliphatic carbocycles. The predicted octanol–water partition coefficient (Wildman–Crippen LogP) is 13.2. The van der Waals surface area contributed by atoms with Crippen molar-refractivity contribution in [3.63, 3.8) is 0 Å². The van der Waals surface area contributed by atoms with Crippen LogP contribution in [0.2, 0.25) is 0 Å². The summed E-state index contributed by atoms with van der Waals surface area (Å²) >= 11 is 0. The van der Waals surface area contributed by atoms with E-state index in [1.807, 2.05) is 0 Å². The van der Waals surface area contributed by atoms with Gasteiger partial charge in [0.1, 0.15) is 6.10 Å². The number of hydrogen-bond donors (Lipinski definition) is 0. The van der Waals surface area contributed by atoms with Gasteiger partial charge in [-0.1, -0.05) is 119 Å². The zero-order valence-corrected chi connectivity index (χ0v) is 33.6. The van der Waals surface area contributed by atoms with Crippen molar-refractivity contribution >= 4 is 11.8 Å². The van der Waals surface area contributed by atoms with Gasteiger partial charge in [-0.3, -0.25) is 9.59 Å². The molecule has 278 valence electrons. The van der Waals surface area contributed by atoms with Crippen molar-refractivity contribution in [3.05, 3.63) is 23.8 Å². The van der Waals surface area contributed by atoms with E-state index in [9.17, 15) is 9.59 Å². The Morgan fingerprint density at radius 2 is 1.41 bits per heavy atom. The van der Waals surface area contributed by atoms with E-state index in [0.29, 0.717) is 34.9 Å². The number of fused-ring (bicyclic) bond motifs is 7. The minimum atomic E-state index is -0.142. The van der Waals surface area contributed by atoms with E-state index in [4.69, 9.17) is 4.74 Å². The number of esters is 1. The lowest BCUT2D eigenvalue weighted by molar-refractivity contribution is -0.211. The smallest absolute Gasteiger partial charge is 0.306 e. The molecule has 0 saturated heterocycles. The first-order valence-electron chi connectivity index (χ1n) is 21.1. The monoisotopic (exact) mass is 677 g/mol. The third kappa shape index (κ3) is 7.45. The predicted molar refractivity (Wildman–Crippen MR) is 205 cm³/mol. The fraction of sp³-hybridized carbons (Fsp3) is 0.870. The highest BCUT2D eigenvalue weighted by Crippen LogP contribution is 2.75. The van der Waals surface area contributed by atoms with Crippen molar-refractivity contribution in [2.45, 2.75) is 203 Å². The van der Waals surface area contributed by atoms with Gasteiger partial charge in [-0.2, -0.15) is 0 Å². The van der Waals surface area contributed by atoms with Crippen LogP contribution < -0.4 is 0 Å².